The molecule has 0 heterocycles. The van der Waals surface area contributed by atoms with Crippen LogP contribution in [-0.2, 0) is 4.79 Å². The van der Waals surface area contributed by atoms with Crippen LogP contribution in [0, 0.1) is 0 Å². The van der Waals surface area contributed by atoms with Gasteiger partial charge in [0.2, 0.25) is 5.91 Å². The standard InChI is InChI=1S/C13H28N2O/c1-5-7-8-10-14-12(4)13(16)15-11(3)9-6-2/h11-12,14H,5-10H2,1-4H3,(H,15,16). The number of unbranched alkanes of at least 4 members (excludes halogenated alkanes) is 2. The Hall–Kier alpha value is -0.570. The van der Waals surface area contributed by atoms with E-state index < -0.39 is 0 Å². The van der Waals surface area contributed by atoms with Gasteiger partial charge in [-0.25, -0.2) is 0 Å². The Morgan fingerprint density at radius 3 is 2.38 bits per heavy atom. The van der Waals surface area contributed by atoms with Crippen LogP contribution in [-0.4, -0.2) is 24.5 Å². The Morgan fingerprint density at radius 1 is 1.12 bits per heavy atom. The molecule has 0 fully saturated rings. The second-order valence-corrected chi connectivity index (χ2v) is 4.58. The molecule has 3 nitrogen and oxygen atoms in total. The molecule has 2 N–H and O–H groups in total. The first-order valence-electron chi connectivity index (χ1n) is 6.65. The summed E-state index contributed by atoms with van der Waals surface area (Å²) < 4.78 is 0. The van der Waals surface area contributed by atoms with E-state index in [0.29, 0.717) is 0 Å². The Bertz CT molecular complexity index is 183. The van der Waals surface area contributed by atoms with E-state index in [-0.39, 0.29) is 18.0 Å². The van der Waals surface area contributed by atoms with E-state index in [0.717, 1.165) is 25.8 Å². The average Bonchev–Trinajstić information content (AvgIpc) is 2.24. The van der Waals surface area contributed by atoms with Crippen LogP contribution in [0.4, 0.5) is 0 Å². The molecule has 2 unspecified atom stereocenters. The normalized spacial score (nSPS) is 14.5. The molecule has 0 aromatic carbocycles. The fraction of sp³-hybridized carbons (Fsp3) is 0.923. The van der Waals surface area contributed by atoms with Crippen molar-refractivity contribution in [2.24, 2.45) is 0 Å². The molecule has 0 spiro atoms. The number of rotatable bonds is 9. The molecule has 0 rings (SSSR count). The predicted octanol–water partition coefficient (Wildman–Crippen LogP) is 2.46. The SMILES string of the molecule is CCCCCNC(C)C(=O)NC(C)CCC. The molecule has 2 atom stereocenters. The van der Waals surface area contributed by atoms with Crippen LogP contribution < -0.4 is 10.6 Å². The van der Waals surface area contributed by atoms with Gasteiger partial charge in [-0.1, -0.05) is 33.1 Å². The van der Waals surface area contributed by atoms with Crippen LogP contribution in [0.2, 0.25) is 0 Å². The summed E-state index contributed by atoms with van der Waals surface area (Å²) >= 11 is 0. The predicted molar refractivity (Wildman–Crippen MR) is 69.5 cm³/mol. The molecule has 0 aliphatic carbocycles. The minimum Gasteiger partial charge on any atom is -0.352 e. The summed E-state index contributed by atoms with van der Waals surface area (Å²) in [6.45, 7) is 9.24. The minimum absolute atomic E-state index is 0.0730. The summed E-state index contributed by atoms with van der Waals surface area (Å²) in [5.41, 5.74) is 0. The van der Waals surface area contributed by atoms with Crippen molar-refractivity contribution in [2.75, 3.05) is 6.54 Å². The van der Waals surface area contributed by atoms with Crippen LogP contribution >= 0.6 is 0 Å². The summed E-state index contributed by atoms with van der Waals surface area (Å²) in [6.07, 6.45) is 5.76. The summed E-state index contributed by atoms with van der Waals surface area (Å²) in [5.74, 6) is 0.123. The first kappa shape index (κ1) is 15.4. The maximum atomic E-state index is 11.7. The topological polar surface area (TPSA) is 41.1 Å². The van der Waals surface area contributed by atoms with Crippen LogP contribution in [0.15, 0.2) is 0 Å². The van der Waals surface area contributed by atoms with E-state index in [1.807, 2.05) is 6.92 Å². The number of hydrogen-bond donors (Lipinski definition) is 2. The zero-order valence-corrected chi connectivity index (χ0v) is 11.3. The molecule has 0 aliphatic rings. The van der Waals surface area contributed by atoms with Gasteiger partial charge in [0.1, 0.15) is 0 Å². The molecule has 0 aromatic rings. The number of carbonyl (C=O) groups is 1. The second-order valence-electron chi connectivity index (χ2n) is 4.58. The van der Waals surface area contributed by atoms with Crippen molar-refractivity contribution in [3.63, 3.8) is 0 Å². The number of nitrogens with one attached hydrogen (secondary N) is 2. The highest BCUT2D eigenvalue weighted by molar-refractivity contribution is 5.81. The van der Waals surface area contributed by atoms with Crippen molar-refractivity contribution in [3.8, 4) is 0 Å². The number of amides is 1. The van der Waals surface area contributed by atoms with Crippen molar-refractivity contribution >= 4 is 5.91 Å². The lowest BCUT2D eigenvalue weighted by molar-refractivity contribution is -0.123. The van der Waals surface area contributed by atoms with Gasteiger partial charge in [-0.15, -0.1) is 0 Å². The Labute approximate surface area is 100 Å². The van der Waals surface area contributed by atoms with Crippen LogP contribution in [0.1, 0.15) is 59.8 Å². The van der Waals surface area contributed by atoms with E-state index in [1.165, 1.54) is 12.8 Å². The largest absolute Gasteiger partial charge is 0.352 e. The molecule has 1 amide bonds. The monoisotopic (exact) mass is 228 g/mol. The highest BCUT2D eigenvalue weighted by Crippen LogP contribution is 1.96. The molecule has 96 valence electrons. The first-order valence-corrected chi connectivity index (χ1v) is 6.65. The van der Waals surface area contributed by atoms with E-state index in [2.05, 4.69) is 31.4 Å². The molecule has 0 bridgehead atoms. The smallest absolute Gasteiger partial charge is 0.237 e. The molecular weight excluding hydrogens is 200 g/mol. The number of hydrogen-bond acceptors (Lipinski definition) is 2. The summed E-state index contributed by atoms with van der Waals surface area (Å²) in [7, 11) is 0. The van der Waals surface area contributed by atoms with Gasteiger partial charge in [-0.3, -0.25) is 4.79 Å². The lowest BCUT2D eigenvalue weighted by atomic mass is 10.2. The van der Waals surface area contributed by atoms with Crippen LogP contribution in [0.3, 0.4) is 0 Å². The highest BCUT2D eigenvalue weighted by atomic mass is 16.2. The van der Waals surface area contributed by atoms with E-state index in [4.69, 9.17) is 0 Å². The maximum absolute atomic E-state index is 11.7. The van der Waals surface area contributed by atoms with Crippen molar-refractivity contribution in [3.05, 3.63) is 0 Å². The third-order valence-electron chi connectivity index (χ3n) is 2.73. The van der Waals surface area contributed by atoms with Gasteiger partial charge in [0.05, 0.1) is 6.04 Å². The van der Waals surface area contributed by atoms with Crippen LogP contribution in [0.25, 0.3) is 0 Å². The van der Waals surface area contributed by atoms with Gasteiger partial charge in [-0.05, 0) is 33.2 Å². The third kappa shape index (κ3) is 7.69. The lowest BCUT2D eigenvalue weighted by Gasteiger charge is -2.18. The van der Waals surface area contributed by atoms with Crippen molar-refractivity contribution in [1.82, 2.24) is 10.6 Å². The second kappa shape index (κ2) is 9.64. The first-order chi connectivity index (χ1) is 7.61. The average molecular weight is 228 g/mol. The van der Waals surface area contributed by atoms with Gasteiger partial charge < -0.3 is 10.6 Å². The van der Waals surface area contributed by atoms with Crippen LogP contribution in [0.5, 0.6) is 0 Å². The van der Waals surface area contributed by atoms with Crippen molar-refractivity contribution in [2.45, 2.75) is 71.9 Å². The summed E-state index contributed by atoms with van der Waals surface area (Å²) in [5, 5.41) is 6.27. The third-order valence-corrected chi connectivity index (χ3v) is 2.73. The lowest BCUT2D eigenvalue weighted by Crippen LogP contribution is -2.45. The number of carbonyl (C=O) groups excluding carboxylic acids is 1. The quantitative estimate of drug-likeness (QED) is 0.595. The molecule has 3 heteroatoms. The Kier molecular flexibility index (Phi) is 9.30. The highest BCUT2D eigenvalue weighted by Gasteiger charge is 2.13. The van der Waals surface area contributed by atoms with E-state index in [1.54, 1.807) is 0 Å². The van der Waals surface area contributed by atoms with Crippen molar-refractivity contribution < 1.29 is 4.79 Å². The van der Waals surface area contributed by atoms with E-state index >= 15 is 0 Å². The Morgan fingerprint density at radius 2 is 1.81 bits per heavy atom. The van der Waals surface area contributed by atoms with Crippen molar-refractivity contribution in [1.29, 1.82) is 0 Å². The Balaban J connectivity index is 3.64. The van der Waals surface area contributed by atoms with Gasteiger partial charge in [0, 0.05) is 6.04 Å². The molecule has 16 heavy (non-hydrogen) atoms. The van der Waals surface area contributed by atoms with Gasteiger partial charge in [0.15, 0.2) is 0 Å². The maximum Gasteiger partial charge on any atom is 0.237 e. The molecule has 0 saturated heterocycles. The zero-order chi connectivity index (χ0) is 12.4. The molecule has 0 aliphatic heterocycles. The van der Waals surface area contributed by atoms with E-state index in [9.17, 15) is 4.79 Å². The fourth-order valence-electron chi connectivity index (χ4n) is 1.66. The summed E-state index contributed by atoms with van der Waals surface area (Å²) in [4.78, 5) is 11.7. The summed E-state index contributed by atoms with van der Waals surface area (Å²) in [6, 6.07) is 0.216. The zero-order valence-electron chi connectivity index (χ0n) is 11.3. The molecular formula is C13H28N2O. The molecule has 0 aromatic heterocycles. The molecule has 0 radical (unpaired) electrons. The van der Waals surface area contributed by atoms with Gasteiger partial charge in [0.25, 0.3) is 0 Å². The minimum atomic E-state index is -0.0730. The van der Waals surface area contributed by atoms with Gasteiger partial charge in [-0.2, -0.15) is 0 Å². The fourth-order valence-corrected chi connectivity index (χ4v) is 1.66. The van der Waals surface area contributed by atoms with Gasteiger partial charge >= 0.3 is 0 Å². The molecule has 0 saturated carbocycles.